The predicted octanol–water partition coefficient (Wildman–Crippen LogP) is 7.50. The molecule has 34 heavy (non-hydrogen) atoms. The molecule has 0 aliphatic heterocycles. The summed E-state index contributed by atoms with van der Waals surface area (Å²) in [5.74, 6) is 0.792. The van der Waals surface area contributed by atoms with Gasteiger partial charge >= 0.3 is 0 Å². The van der Waals surface area contributed by atoms with Crippen LogP contribution in [-0.2, 0) is 6.54 Å². The van der Waals surface area contributed by atoms with Crippen LogP contribution in [0, 0.1) is 12.8 Å². The number of ketones is 1. The Kier molecular flexibility index (Phi) is 6.23. The second-order valence-electron chi connectivity index (χ2n) is 9.59. The van der Waals surface area contributed by atoms with E-state index in [1.165, 1.54) is 25.7 Å². The monoisotopic (exact) mass is 452 g/mol. The van der Waals surface area contributed by atoms with Crippen molar-refractivity contribution in [3.63, 3.8) is 0 Å². The van der Waals surface area contributed by atoms with Gasteiger partial charge < -0.3 is 9.77 Å². The third-order valence-electron chi connectivity index (χ3n) is 7.55. The minimum atomic E-state index is 0.0442. The zero-order valence-electron chi connectivity index (χ0n) is 20.1. The summed E-state index contributed by atoms with van der Waals surface area (Å²) in [7, 11) is 0. The SMILES string of the molecule is CCn1c2ccc(C(=O)c3ccccc3C)cc2c2cc(C(CCC3CCCC3)=NO)ccc21. The highest BCUT2D eigenvalue weighted by Crippen LogP contribution is 2.33. The fraction of sp³-hybridized carbons (Fsp3) is 0.333. The average molecular weight is 453 g/mol. The van der Waals surface area contributed by atoms with Crippen LogP contribution in [0.2, 0.25) is 0 Å². The van der Waals surface area contributed by atoms with Crippen molar-refractivity contribution in [2.45, 2.75) is 58.9 Å². The van der Waals surface area contributed by atoms with E-state index in [4.69, 9.17) is 0 Å². The molecule has 0 bridgehead atoms. The van der Waals surface area contributed by atoms with Crippen molar-refractivity contribution in [3.05, 3.63) is 82.9 Å². The summed E-state index contributed by atoms with van der Waals surface area (Å²) in [5, 5.41) is 15.6. The normalized spacial score (nSPS) is 14.9. The molecule has 0 atom stereocenters. The van der Waals surface area contributed by atoms with Crippen LogP contribution in [0.3, 0.4) is 0 Å². The Morgan fingerprint density at radius 1 is 0.971 bits per heavy atom. The van der Waals surface area contributed by atoms with Crippen molar-refractivity contribution in [3.8, 4) is 0 Å². The molecule has 1 N–H and O–H groups in total. The maximum atomic E-state index is 13.3. The Morgan fingerprint density at radius 2 is 1.62 bits per heavy atom. The molecule has 0 radical (unpaired) electrons. The molecule has 1 heterocycles. The Bertz CT molecular complexity index is 1390. The van der Waals surface area contributed by atoms with E-state index in [9.17, 15) is 10.0 Å². The molecule has 0 unspecified atom stereocenters. The molecule has 1 fully saturated rings. The van der Waals surface area contributed by atoms with Crippen molar-refractivity contribution in [1.82, 2.24) is 4.57 Å². The lowest BCUT2D eigenvalue weighted by Crippen LogP contribution is -2.05. The number of benzene rings is 3. The van der Waals surface area contributed by atoms with E-state index in [1.807, 2.05) is 43.3 Å². The number of nitrogens with zero attached hydrogens (tertiary/aromatic N) is 2. The Balaban J connectivity index is 1.56. The summed E-state index contributed by atoms with van der Waals surface area (Å²) in [6, 6.07) is 20.1. The third kappa shape index (κ3) is 4.02. The first-order chi connectivity index (χ1) is 16.6. The van der Waals surface area contributed by atoms with Crippen LogP contribution in [0.4, 0.5) is 0 Å². The molecule has 1 aliphatic rings. The summed E-state index contributed by atoms with van der Waals surface area (Å²) in [6.45, 7) is 4.96. The largest absolute Gasteiger partial charge is 0.411 e. The highest BCUT2D eigenvalue weighted by Gasteiger charge is 2.19. The lowest BCUT2D eigenvalue weighted by atomic mass is 9.95. The van der Waals surface area contributed by atoms with E-state index in [0.29, 0.717) is 5.56 Å². The zero-order chi connectivity index (χ0) is 23.7. The summed E-state index contributed by atoms with van der Waals surface area (Å²) < 4.78 is 2.28. The number of carbonyl (C=O) groups excluding carboxylic acids is 1. The van der Waals surface area contributed by atoms with Gasteiger partial charge in [0.25, 0.3) is 0 Å². The molecule has 1 aromatic heterocycles. The van der Waals surface area contributed by atoms with Gasteiger partial charge in [-0.3, -0.25) is 4.79 Å². The van der Waals surface area contributed by atoms with E-state index in [2.05, 4.69) is 40.9 Å². The molecule has 0 saturated heterocycles. The number of aryl methyl sites for hydroxylation is 2. The van der Waals surface area contributed by atoms with Crippen LogP contribution in [0.15, 0.2) is 65.8 Å². The number of oxime groups is 1. The Hall–Kier alpha value is -3.40. The van der Waals surface area contributed by atoms with Gasteiger partial charge in [-0.15, -0.1) is 0 Å². The van der Waals surface area contributed by atoms with Gasteiger partial charge in [-0.05, 0) is 68.5 Å². The highest BCUT2D eigenvalue weighted by atomic mass is 16.4. The van der Waals surface area contributed by atoms with Gasteiger partial charge in [0.1, 0.15) is 0 Å². The lowest BCUT2D eigenvalue weighted by molar-refractivity contribution is 0.103. The maximum Gasteiger partial charge on any atom is 0.193 e. The van der Waals surface area contributed by atoms with Crippen LogP contribution in [-0.4, -0.2) is 21.3 Å². The number of rotatable bonds is 7. The Labute approximate surface area is 200 Å². The fourth-order valence-corrected chi connectivity index (χ4v) is 5.64. The molecule has 0 spiro atoms. The van der Waals surface area contributed by atoms with Crippen molar-refractivity contribution >= 4 is 33.3 Å². The van der Waals surface area contributed by atoms with Gasteiger partial charge in [0, 0.05) is 45.0 Å². The van der Waals surface area contributed by atoms with Gasteiger partial charge in [0.2, 0.25) is 0 Å². The first kappa shape index (κ1) is 22.4. The molecule has 1 saturated carbocycles. The standard InChI is InChI=1S/C30H32N2O2/c1-3-32-28-16-13-22(27(31-34)15-12-21-9-5-6-10-21)18-25(28)26-19-23(14-17-29(26)32)30(33)24-11-7-4-8-20(24)2/h4,7-8,11,13-14,16-19,21,34H,3,5-6,9-10,12,15H2,1-2H3. The molecule has 4 aromatic rings. The number of aromatic nitrogens is 1. The predicted molar refractivity (Wildman–Crippen MR) is 139 cm³/mol. The summed E-state index contributed by atoms with van der Waals surface area (Å²) >= 11 is 0. The third-order valence-corrected chi connectivity index (χ3v) is 7.55. The summed E-state index contributed by atoms with van der Waals surface area (Å²) in [6.07, 6.45) is 7.09. The van der Waals surface area contributed by atoms with Gasteiger partial charge in [-0.1, -0.05) is 61.2 Å². The fourth-order valence-electron chi connectivity index (χ4n) is 5.64. The van der Waals surface area contributed by atoms with Crippen LogP contribution < -0.4 is 0 Å². The van der Waals surface area contributed by atoms with E-state index in [-0.39, 0.29) is 5.78 Å². The second kappa shape index (κ2) is 9.46. The van der Waals surface area contributed by atoms with Crippen LogP contribution >= 0.6 is 0 Å². The first-order valence-corrected chi connectivity index (χ1v) is 12.5. The lowest BCUT2D eigenvalue weighted by Gasteiger charge is -2.10. The molecule has 3 aromatic carbocycles. The smallest absolute Gasteiger partial charge is 0.193 e. The summed E-state index contributed by atoms with van der Waals surface area (Å²) in [4.78, 5) is 13.3. The van der Waals surface area contributed by atoms with Crippen LogP contribution in [0.5, 0.6) is 0 Å². The van der Waals surface area contributed by atoms with E-state index < -0.39 is 0 Å². The van der Waals surface area contributed by atoms with Gasteiger partial charge in [0.15, 0.2) is 5.78 Å². The number of hydrogen-bond donors (Lipinski definition) is 1. The van der Waals surface area contributed by atoms with Gasteiger partial charge in [0.05, 0.1) is 5.71 Å². The Morgan fingerprint density at radius 3 is 2.26 bits per heavy atom. The molecule has 4 heteroatoms. The van der Waals surface area contributed by atoms with Crippen LogP contribution in [0.25, 0.3) is 21.8 Å². The van der Waals surface area contributed by atoms with Gasteiger partial charge in [-0.25, -0.2) is 0 Å². The zero-order valence-corrected chi connectivity index (χ0v) is 20.1. The average Bonchev–Trinajstić information content (AvgIpc) is 3.49. The van der Waals surface area contributed by atoms with Crippen molar-refractivity contribution in [2.24, 2.45) is 11.1 Å². The number of hydrogen-bond acceptors (Lipinski definition) is 3. The maximum absolute atomic E-state index is 13.3. The molecule has 0 amide bonds. The minimum Gasteiger partial charge on any atom is -0.411 e. The minimum absolute atomic E-state index is 0.0442. The second-order valence-corrected chi connectivity index (χ2v) is 9.59. The van der Waals surface area contributed by atoms with E-state index in [1.54, 1.807) is 0 Å². The molecule has 1 aliphatic carbocycles. The first-order valence-electron chi connectivity index (χ1n) is 12.5. The quantitative estimate of drug-likeness (QED) is 0.137. The molecule has 174 valence electrons. The number of fused-ring (bicyclic) bond motifs is 3. The number of carbonyl (C=O) groups is 1. The van der Waals surface area contributed by atoms with Gasteiger partial charge in [-0.2, -0.15) is 0 Å². The summed E-state index contributed by atoms with van der Waals surface area (Å²) in [5.41, 5.74) is 6.37. The molecule has 4 nitrogen and oxygen atoms in total. The topological polar surface area (TPSA) is 54.6 Å². The van der Waals surface area contributed by atoms with Crippen molar-refractivity contribution in [1.29, 1.82) is 0 Å². The van der Waals surface area contributed by atoms with E-state index >= 15 is 0 Å². The van der Waals surface area contributed by atoms with Crippen LogP contribution in [0.1, 0.15) is 72.5 Å². The van der Waals surface area contributed by atoms with Crippen molar-refractivity contribution in [2.75, 3.05) is 0 Å². The molecular weight excluding hydrogens is 420 g/mol. The molecular formula is C30H32N2O2. The molecule has 5 rings (SSSR count). The van der Waals surface area contributed by atoms with Crippen molar-refractivity contribution < 1.29 is 10.0 Å². The van der Waals surface area contributed by atoms with E-state index in [0.717, 1.165) is 69.5 Å². The highest BCUT2D eigenvalue weighted by molar-refractivity contribution is 6.16.